The maximum atomic E-state index is 13.8. The second-order valence-corrected chi connectivity index (χ2v) is 15.1. The minimum atomic E-state index is -0.565. The molecule has 7 rings (SSSR count). The van der Waals surface area contributed by atoms with Crippen LogP contribution in [0.3, 0.4) is 0 Å². The summed E-state index contributed by atoms with van der Waals surface area (Å²) in [5.74, 6) is 2.44. The summed E-state index contributed by atoms with van der Waals surface area (Å²) in [5, 5.41) is 6.57. The van der Waals surface area contributed by atoms with Crippen LogP contribution in [0.2, 0.25) is 0 Å². The van der Waals surface area contributed by atoms with Gasteiger partial charge in [-0.1, -0.05) is 76.2 Å². The van der Waals surface area contributed by atoms with Gasteiger partial charge in [0.05, 0.1) is 49.5 Å². The topological polar surface area (TPSA) is 165 Å². The number of carbonyl (C=O) groups excluding carboxylic acids is 2. The second-order valence-electron chi connectivity index (χ2n) is 15.1. The summed E-state index contributed by atoms with van der Waals surface area (Å²) in [7, 11) is 1.40. The third-order valence-corrected chi connectivity index (χ3v) is 10.8. The van der Waals surface area contributed by atoms with Crippen LogP contribution in [-0.2, 0) is 19.4 Å². The van der Waals surface area contributed by atoms with E-state index < -0.39 is 6.04 Å². The van der Waals surface area contributed by atoms with E-state index in [0.717, 1.165) is 84.1 Å². The van der Waals surface area contributed by atoms with Crippen molar-refractivity contribution >= 4 is 24.2 Å². The number of hydrogen-bond acceptors (Lipinski definition) is 10. The summed E-state index contributed by atoms with van der Waals surface area (Å²) < 4.78 is 0. The van der Waals surface area contributed by atoms with Gasteiger partial charge in [0.15, 0.2) is 5.96 Å². The molecule has 3 aliphatic rings. The molecule has 55 heavy (non-hydrogen) atoms. The molecule has 14 heteroatoms. The Morgan fingerprint density at radius 1 is 0.800 bits per heavy atom. The lowest BCUT2D eigenvalue weighted by Crippen LogP contribution is -2.53. The lowest BCUT2D eigenvalue weighted by atomic mass is 10.0. The molecular weight excluding hydrogens is 697 g/mol. The van der Waals surface area contributed by atoms with Gasteiger partial charge in [-0.25, -0.2) is 15.0 Å². The molecule has 0 unspecified atom stereocenters. The van der Waals surface area contributed by atoms with E-state index in [0.29, 0.717) is 19.0 Å². The molecular formula is C41H52N10O4. The molecule has 0 saturated carbocycles. The van der Waals surface area contributed by atoms with Crippen molar-refractivity contribution in [2.24, 2.45) is 21.8 Å². The van der Waals surface area contributed by atoms with E-state index in [9.17, 15) is 9.59 Å². The number of guanidine groups is 1. The third kappa shape index (κ3) is 8.29. The molecule has 0 spiro atoms. The monoisotopic (exact) mass is 748 g/mol. The summed E-state index contributed by atoms with van der Waals surface area (Å²) in [6.07, 6.45) is 8.44. The molecule has 14 nitrogen and oxygen atoms in total. The van der Waals surface area contributed by atoms with Crippen LogP contribution >= 0.6 is 0 Å². The van der Waals surface area contributed by atoms with Gasteiger partial charge in [0, 0.05) is 19.6 Å². The Bertz CT molecular complexity index is 1980. The van der Waals surface area contributed by atoms with Crippen LogP contribution in [0.4, 0.5) is 0 Å². The molecule has 5 heterocycles. The van der Waals surface area contributed by atoms with Crippen LogP contribution in [-0.4, -0.2) is 99.3 Å². The Kier molecular flexibility index (Phi) is 11.6. The van der Waals surface area contributed by atoms with Crippen LogP contribution < -0.4 is 10.6 Å². The van der Waals surface area contributed by atoms with Crippen molar-refractivity contribution in [3.8, 4) is 33.6 Å². The van der Waals surface area contributed by atoms with Gasteiger partial charge in [-0.05, 0) is 59.8 Å². The highest BCUT2D eigenvalue weighted by molar-refractivity contribution is 5.90. The van der Waals surface area contributed by atoms with Gasteiger partial charge in [-0.3, -0.25) is 14.6 Å². The van der Waals surface area contributed by atoms with Crippen molar-refractivity contribution in [3.63, 3.8) is 0 Å². The van der Waals surface area contributed by atoms with E-state index in [1.54, 1.807) is 0 Å². The highest BCUT2D eigenvalue weighted by Gasteiger charge is 2.38. The molecule has 4 N–H and O–H groups in total. The predicted octanol–water partition coefficient (Wildman–Crippen LogP) is 5.67. The normalized spacial score (nSPS) is 19.7. The van der Waals surface area contributed by atoms with Crippen LogP contribution in [0.15, 0.2) is 70.9 Å². The number of aromatic nitrogens is 4. The summed E-state index contributed by atoms with van der Waals surface area (Å²) in [6.45, 7) is 10.9. The lowest BCUT2D eigenvalue weighted by molar-refractivity contribution is -0.188. The maximum Gasteiger partial charge on any atom is 0.248 e. The van der Waals surface area contributed by atoms with Gasteiger partial charge in [0.1, 0.15) is 23.7 Å². The quantitative estimate of drug-likeness (QED) is 0.0589. The number of rotatable bonds is 13. The van der Waals surface area contributed by atoms with E-state index in [4.69, 9.17) is 14.9 Å². The Labute approximate surface area is 322 Å². The summed E-state index contributed by atoms with van der Waals surface area (Å²) in [6, 6.07) is 15.7. The van der Waals surface area contributed by atoms with Gasteiger partial charge >= 0.3 is 0 Å². The Morgan fingerprint density at radius 3 is 1.80 bits per heavy atom. The first kappa shape index (κ1) is 37.8. The van der Waals surface area contributed by atoms with Gasteiger partial charge in [-0.15, -0.1) is 0 Å². The van der Waals surface area contributed by atoms with E-state index in [1.807, 2.05) is 36.0 Å². The number of carbonyl (C=O) groups is 2. The molecule has 290 valence electrons. The number of nitrogens with zero attached hydrogens (tertiary/aromatic N) is 6. The maximum absolute atomic E-state index is 13.8. The van der Waals surface area contributed by atoms with Crippen molar-refractivity contribution in [3.05, 3.63) is 72.6 Å². The first-order chi connectivity index (χ1) is 26.7. The van der Waals surface area contributed by atoms with E-state index in [-0.39, 0.29) is 41.8 Å². The summed E-state index contributed by atoms with van der Waals surface area (Å²) in [5.41, 5.74) is 6.06. The molecule has 2 amide bonds. The fourth-order valence-corrected chi connectivity index (χ4v) is 7.78. The minimum Gasteiger partial charge on any atom is -0.355 e. The number of aliphatic imine (C=N–C) groups is 2. The zero-order chi connectivity index (χ0) is 38.5. The van der Waals surface area contributed by atoms with E-state index in [2.05, 4.69) is 97.9 Å². The van der Waals surface area contributed by atoms with Crippen LogP contribution in [0.1, 0.15) is 77.1 Å². The lowest BCUT2D eigenvalue weighted by Gasteiger charge is -2.30. The first-order valence-electron chi connectivity index (χ1n) is 19.4. The minimum absolute atomic E-state index is 0.00127. The van der Waals surface area contributed by atoms with Crippen LogP contribution in [0.25, 0.3) is 33.6 Å². The van der Waals surface area contributed by atoms with Crippen LogP contribution in [0.5, 0.6) is 0 Å². The van der Waals surface area contributed by atoms with Crippen molar-refractivity contribution in [2.45, 2.75) is 77.5 Å². The summed E-state index contributed by atoms with van der Waals surface area (Å²) in [4.78, 5) is 65.8. The number of benzene rings is 2. The standard InChI is InChI=1S/C41H52N10O4/c1-25(2)35(46-24-55-54-5)39(52)50-20-6-8-33(50)37-44-22-31(47-37)29-14-10-27(11-15-29)28-12-16-30(17-13-28)32-23-45-38(48-32)34-9-7-21-51(34)40(53)36(26(3)4)49-41-42-18-19-43-41/h10-17,22-26,33-36H,6-9,18-21H2,1-5H3,(H,44,47)(H,45,48)(H2,42,43,49)/t33-,34-,35-,36-/m0/s1. The molecule has 4 aromatic rings. The SMILES string of the molecule is COOC=N[C@H](C(=O)N1CCC[C@H]1c1ncc(-c2ccc(-c3ccc(-c4cnc([C@@H]5CCCN5C(=O)[C@@H](NC5=NCCN5)C(C)C)[nH]4)cc3)cc2)[nH]1)C(C)C. The zero-order valence-electron chi connectivity index (χ0n) is 32.3. The van der Waals surface area contributed by atoms with E-state index in [1.165, 1.54) is 13.5 Å². The number of imidazole rings is 2. The second kappa shape index (κ2) is 16.9. The molecule has 0 radical (unpaired) electrons. The van der Waals surface area contributed by atoms with Gasteiger partial charge in [0.2, 0.25) is 18.2 Å². The van der Waals surface area contributed by atoms with Crippen molar-refractivity contribution in [2.75, 3.05) is 33.3 Å². The van der Waals surface area contributed by atoms with E-state index >= 15 is 0 Å². The zero-order valence-corrected chi connectivity index (χ0v) is 32.3. The van der Waals surface area contributed by atoms with Crippen molar-refractivity contribution in [1.82, 2.24) is 40.4 Å². The van der Waals surface area contributed by atoms with Gasteiger partial charge in [0.25, 0.3) is 0 Å². The Morgan fingerprint density at radius 2 is 1.33 bits per heavy atom. The van der Waals surface area contributed by atoms with Crippen LogP contribution in [0, 0.1) is 11.8 Å². The third-order valence-electron chi connectivity index (χ3n) is 10.8. The number of amides is 2. The highest BCUT2D eigenvalue weighted by atomic mass is 17.2. The number of H-pyrrole nitrogens is 2. The molecule has 2 fully saturated rings. The Hall–Kier alpha value is -5.50. The number of likely N-dealkylation sites (tertiary alicyclic amines) is 2. The molecule has 2 saturated heterocycles. The van der Waals surface area contributed by atoms with Gasteiger partial charge in [-0.2, -0.15) is 4.89 Å². The molecule has 2 aromatic carbocycles. The summed E-state index contributed by atoms with van der Waals surface area (Å²) >= 11 is 0. The molecule has 0 bridgehead atoms. The fourth-order valence-electron chi connectivity index (χ4n) is 7.78. The average molecular weight is 749 g/mol. The van der Waals surface area contributed by atoms with Crippen molar-refractivity contribution in [1.29, 1.82) is 0 Å². The van der Waals surface area contributed by atoms with Gasteiger partial charge < -0.3 is 35.3 Å². The predicted molar refractivity (Wildman–Crippen MR) is 212 cm³/mol. The fraction of sp³-hybridized carbons (Fsp3) is 0.463. The molecule has 3 aliphatic heterocycles. The smallest absolute Gasteiger partial charge is 0.248 e. The number of aromatic amines is 2. The number of nitrogens with one attached hydrogen (secondary N) is 4. The number of hydrogen-bond donors (Lipinski definition) is 4. The highest BCUT2D eigenvalue weighted by Crippen LogP contribution is 2.35. The average Bonchev–Trinajstić information content (AvgIpc) is 4.04. The largest absolute Gasteiger partial charge is 0.355 e. The first-order valence-corrected chi connectivity index (χ1v) is 19.4. The molecule has 0 aliphatic carbocycles. The van der Waals surface area contributed by atoms with Crippen molar-refractivity contribution < 1.29 is 19.4 Å². The Balaban J connectivity index is 0.993. The molecule has 4 atom stereocenters. The molecule has 2 aromatic heterocycles.